The van der Waals surface area contributed by atoms with Crippen molar-refractivity contribution in [1.29, 1.82) is 0 Å². The first-order chi connectivity index (χ1) is 20.8. The van der Waals surface area contributed by atoms with E-state index in [1.54, 1.807) is 0 Å². The van der Waals surface area contributed by atoms with Gasteiger partial charge in [-0.1, -0.05) is 103 Å². The molecule has 0 aliphatic heterocycles. The molecular formula is C39H26N2S. The number of anilines is 3. The summed E-state index contributed by atoms with van der Waals surface area (Å²) in [6.45, 7) is 0. The van der Waals surface area contributed by atoms with E-state index in [9.17, 15) is 0 Å². The molecule has 0 unspecified atom stereocenters. The summed E-state index contributed by atoms with van der Waals surface area (Å²) >= 11 is 1.83. The Balaban J connectivity index is 1.26. The van der Waals surface area contributed by atoms with Crippen LogP contribution >= 0.6 is 11.3 Å². The second-order valence-corrected chi connectivity index (χ2v) is 11.5. The minimum atomic E-state index is 1.12. The summed E-state index contributed by atoms with van der Waals surface area (Å²) in [6, 6.07) is 52.3. The molecule has 198 valence electrons. The Hall–Kier alpha value is -5.25. The van der Waals surface area contributed by atoms with Gasteiger partial charge in [-0.05, 0) is 75.5 Å². The van der Waals surface area contributed by atoms with Gasteiger partial charge in [0.1, 0.15) is 0 Å². The van der Waals surface area contributed by atoms with Crippen LogP contribution in [-0.2, 0) is 0 Å². The number of hydrogen-bond donors (Lipinski definition) is 0. The first-order valence-electron chi connectivity index (χ1n) is 14.1. The van der Waals surface area contributed by atoms with Crippen LogP contribution < -0.4 is 4.90 Å². The van der Waals surface area contributed by atoms with Gasteiger partial charge in [-0.15, -0.1) is 11.3 Å². The van der Waals surface area contributed by atoms with Gasteiger partial charge in [-0.3, -0.25) is 4.98 Å². The fourth-order valence-electron chi connectivity index (χ4n) is 5.84. The molecule has 0 N–H and O–H groups in total. The fourth-order valence-corrected chi connectivity index (χ4v) is 7.01. The number of rotatable bonds is 5. The zero-order valence-corrected chi connectivity index (χ0v) is 23.6. The molecule has 0 spiro atoms. The van der Waals surface area contributed by atoms with Crippen LogP contribution in [0.25, 0.3) is 53.2 Å². The average Bonchev–Trinajstić information content (AvgIpc) is 3.45. The predicted molar refractivity (Wildman–Crippen MR) is 180 cm³/mol. The number of thiophene rings is 1. The van der Waals surface area contributed by atoms with Crippen LogP contribution in [0.3, 0.4) is 0 Å². The molecule has 42 heavy (non-hydrogen) atoms. The molecule has 2 aromatic heterocycles. The maximum atomic E-state index is 4.42. The zero-order valence-electron chi connectivity index (χ0n) is 22.8. The van der Waals surface area contributed by atoms with Crippen molar-refractivity contribution in [3.05, 3.63) is 158 Å². The van der Waals surface area contributed by atoms with Gasteiger partial charge in [0, 0.05) is 39.2 Å². The lowest BCUT2D eigenvalue weighted by Gasteiger charge is -2.26. The lowest BCUT2D eigenvalue weighted by molar-refractivity contribution is 1.30. The number of hydrogen-bond acceptors (Lipinski definition) is 3. The number of fused-ring (bicyclic) bond motifs is 4. The number of benzene rings is 6. The second kappa shape index (κ2) is 10.3. The van der Waals surface area contributed by atoms with Gasteiger partial charge in [-0.25, -0.2) is 0 Å². The molecule has 0 saturated carbocycles. The molecule has 0 amide bonds. The van der Waals surface area contributed by atoms with E-state index >= 15 is 0 Å². The summed E-state index contributed by atoms with van der Waals surface area (Å²) in [5.41, 5.74) is 8.26. The fraction of sp³-hybridized carbons (Fsp3) is 0. The molecule has 0 fully saturated rings. The van der Waals surface area contributed by atoms with Crippen molar-refractivity contribution in [2.75, 3.05) is 4.90 Å². The predicted octanol–water partition coefficient (Wildman–Crippen LogP) is 11.4. The van der Waals surface area contributed by atoms with E-state index in [0.717, 1.165) is 11.4 Å². The lowest BCUT2D eigenvalue weighted by Crippen LogP contribution is -2.10. The molecule has 8 aromatic rings. The molecule has 0 bridgehead atoms. The SMILES string of the molecule is c1ccc(-c2ccc(N(c3ccc(-c4ccc5ccccc5c4)cc3)c3cccc4c3sc3ccncc34)cc2)cc1. The third kappa shape index (κ3) is 4.32. The van der Waals surface area contributed by atoms with E-state index in [4.69, 9.17) is 0 Å². The summed E-state index contributed by atoms with van der Waals surface area (Å²) in [7, 11) is 0. The highest BCUT2D eigenvalue weighted by Gasteiger charge is 2.18. The third-order valence-electron chi connectivity index (χ3n) is 7.96. The number of pyridine rings is 1. The van der Waals surface area contributed by atoms with E-state index in [2.05, 4.69) is 155 Å². The van der Waals surface area contributed by atoms with Crippen molar-refractivity contribution in [3.8, 4) is 22.3 Å². The van der Waals surface area contributed by atoms with Crippen molar-refractivity contribution in [2.45, 2.75) is 0 Å². The molecule has 6 aromatic carbocycles. The van der Waals surface area contributed by atoms with E-state index in [-0.39, 0.29) is 0 Å². The average molecular weight is 555 g/mol. The van der Waals surface area contributed by atoms with Crippen LogP contribution in [0.4, 0.5) is 17.1 Å². The highest BCUT2D eigenvalue weighted by molar-refractivity contribution is 7.26. The van der Waals surface area contributed by atoms with E-state index in [1.807, 2.05) is 23.7 Å². The third-order valence-corrected chi connectivity index (χ3v) is 9.17. The molecule has 2 heterocycles. The summed E-state index contributed by atoms with van der Waals surface area (Å²) in [5, 5.41) is 4.95. The Bertz CT molecular complexity index is 2180. The van der Waals surface area contributed by atoms with Gasteiger partial charge < -0.3 is 4.90 Å². The van der Waals surface area contributed by atoms with Gasteiger partial charge in [0.05, 0.1) is 10.4 Å². The Morgan fingerprint density at radius 3 is 1.88 bits per heavy atom. The van der Waals surface area contributed by atoms with E-state index in [1.165, 1.54) is 58.9 Å². The first kappa shape index (κ1) is 24.5. The summed E-state index contributed by atoms with van der Waals surface area (Å²) in [4.78, 5) is 6.79. The monoisotopic (exact) mass is 554 g/mol. The van der Waals surface area contributed by atoms with Crippen LogP contribution in [0.2, 0.25) is 0 Å². The smallest absolute Gasteiger partial charge is 0.0640 e. The van der Waals surface area contributed by atoms with Crippen LogP contribution in [-0.4, -0.2) is 4.98 Å². The molecular weight excluding hydrogens is 529 g/mol. The standard InChI is InChI=1S/C39H26N2S/c1-2-7-27(8-3-1)29-15-19-33(20-16-29)41(37-12-6-11-35-36-26-40-24-23-38(36)42-39(35)37)34-21-17-30(18-22-34)32-14-13-28-9-4-5-10-31(28)25-32/h1-26H. The highest BCUT2D eigenvalue weighted by Crippen LogP contribution is 2.45. The van der Waals surface area contributed by atoms with Crippen molar-refractivity contribution in [1.82, 2.24) is 4.98 Å². The zero-order chi connectivity index (χ0) is 27.9. The summed E-state index contributed by atoms with van der Waals surface area (Å²) in [6.07, 6.45) is 3.86. The lowest BCUT2D eigenvalue weighted by atomic mass is 10.0. The van der Waals surface area contributed by atoms with Crippen LogP contribution in [0, 0.1) is 0 Å². The van der Waals surface area contributed by atoms with Crippen molar-refractivity contribution in [2.24, 2.45) is 0 Å². The van der Waals surface area contributed by atoms with Gasteiger partial charge in [0.25, 0.3) is 0 Å². The Kier molecular flexibility index (Phi) is 6.02. The largest absolute Gasteiger partial charge is 0.309 e. The van der Waals surface area contributed by atoms with E-state index < -0.39 is 0 Å². The molecule has 8 rings (SSSR count). The minimum absolute atomic E-state index is 1.12. The first-order valence-corrected chi connectivity index (χ1v) is 14.9. The minimum Gasteiger partial charge on any atom is -0.309 e. The summed E-state index contributed by atoms with van der Waals surface area (Å²) in [5.74, 6) is 0. The normalized spacial score (nSPS) is 11.3. The van der Waals surface area contributed by atoms with Gasteiger partial charge in [0.2, 0.25) is 0 Å². The molecule has 3 heteroatoms. The van der Waals surface area contributed by atoms with Crippen LogP contribution in [0.5, 0.6) is 0 Å². The van der Waals surface area contributed by atoms with Gasteiger partial charge in [0.15, 0.2) is 0 Å². The maximum Gasteiger partial charge on any atom is 0.0640 e. The molecule has 0 atom stereocenters. The molecule has 0 radical (unpaired) electrons. The Morgan fingerprint density at radius 2 is 1.12 bits per heavy atom. The topological polar surface area (TPSA) is 16.1 Å². The second-order valence-electron chi connectivity index (χ2n) is 10.5. The van der Waals surface area contributed by atoms with Gasteiger partial charge in [-0.2, -0.15) is 0 Å². The molecule has 2 nitrogen and oxygen atoms in total. The molecule has 0 saturated heterocycles. The van der Waals surface area contributed by atoms with Crippen LogP contribution in [0.1, 0.15) is 0 Å². The molecule has 0 aliphatic carbocycles. The maximum absolute atomic E-state index is 4.42. The number of aromatic nitrogens is 1. The van der Waals surface area contributed by atoms with Gasteiger partial charge >= 0.3 is 0 Å². The van der Waals surface area contributed by atoms with Crippen molar-refractivity contribution < 1.29 is 0 Å². The Morgan fingerprint density at radius 1 is 0.476 bits per heavy atom. The van der Waals surface area contributed by atoms with Crippen molar-refractivity contribution >= 4 is 59.3 Å². The summed E-state index contributed by atoms with van der Waals surface area (Å²) < 4.78 is 2.50. The van der Waals surface area contributed by atoms with Crippen molar-refractivity contribution in [3.63, 3.8) is 0 Å². The van der Waals surface area contributed by atoms with E-state index in [0.29, 0.717) is 0 Å². The molecule has 0 aliphatic rings. The number of nitrogens with zero attached hydrogens (tertiary/aromatic N) is 2. The van der Waals surface area contributed by atoms with Crippen LogP contribution in [0.15, 0.2) is 158 Å². The highest BCUT2D eigenvalue weighted by atomic mass is 32.1. The quantitative estimate of drug-likeness (QED) is 0.210. The Labute approximate surface area is 248 Å².